The van der Waals surface area contributed by atoms with E-state index in [0.717, 1.165) is 17.7 Å². The van der Waals surface area contributed by atoms with E-state index in [9.17, 15) is 4.79 Å². The quantitative estimate of drug-likeness (QED) is 0.847. The fourth-order valence-electron chi connectivity index (χ4n) is 2.11. The SMILES string of the molecule is Cc1ccc(CNCc2ccccc2CC(=O)O)cc1. The third-order valence-electron chi connectivity index (χ3n) is 3.23. The highest BCUT2D eigenvalue weighted by molar-refractivity contribution is 5.70. The number of rotatable bonds is 6. The maximum atomic E-state index is 10.8. The van der Waals surface area contributed by atoms with Crippen molar-refractivity contribution in [2.45, 2.75) is 26.4 Å². The first-order valence-corrected chi connectivity index (χ1v) is 6.70. The largest absolute Gasteiger partial charge is 0.481 e. The molecule has 2 aromatic rings. The number of nitrogens with one attached hydrogen (secondary N) is 1. The van der Waals surface area contributed by atoms with Crippen molar-refractivity contribution < 1.29 is 9.90 Å². The molecule has 0 aliphatic rings. The first kappa shape index (κ1) is 14.3. The molecule has 0 aromatic heterocycles. The summed E-state index contributed by atoms with van der Waals surface area (Å²) < 4.78 is 0. The summed E-state index contributed by atoms with van der Waals surface area (Å²) in [6.07, 6.45) is 0.0718. The van der Waals surface area contributed by atoms with Gasteiger partial charge in [-0.2, -0.15) is 0 Å². The van der Waals surface area contributed by atoms with Gasteiger partial charge in [-0.05, 0) is 23.6 Å². The van der Waals surface area contributed by atoms with E-state index in [4.69, 9.17) is 5.11 Å². The predicted octanol–water partition coefficient (Wildman–Crippen LogP) is 2.91. The standard InChI is InChI=1S/C17H19NO2/c1-13-6-8-14(9-7-13)11-18-12-16-5-3-2-4-15(16)10-17(19)20/h2-9,18H,10-12H2,1H3,(H,19,20). The van der Waals surface area contributed by atoms with Crippen molar-refractivity contribution >= 4 is 5.97 Å². The van der Waals surface area contributed by atoms with E-state index in [2.05, 4.69) is 36.5 Å². The molecule has 0 saturated heterocycles. The normalized spacial score (nSPS) is 10.4. The van der Waals surface area contributed by atoms with E-state index in [1.54, 1.807) is 0 Å². The number of carboxylic acids is 1. The molecule has 104 valence electrons. The summed E-state index contributed by atoms with van der Waals surface area (Å²) in [5.74, 6) is -0.795. The summed E-state index contributed by atoms with van der Waals surface area (Å²) >= 11 is 0. The number of benzene rings is 2. The molecule has 0 radical (unpaired) electrons. The smallest absolute Gasteiger partial charge is 0.307 e. The van der Waals surface area contributed by atoms with Crippen LogP contribution in [0.2, 0.25) is 0 Å². The Labute approximate surface area is 119 Å². The Morgan fingerprint density at radius 2 is 1.65 bits per heavy atom. The van der Waals surface area contributed by atoms with Crippen molar-refractivity contribution in [1.82, 2.24) is 5.32 Å². The number of carbonyl (C=O) groups is 1. The van der Waals surface area contributed by atoms with Gasteiger partial charge in [-0.25, -0.2) is 0 Å². The van der Waals surface area contributed by atoms with Gasteiger partial charge in [-0.1, -0.05) is 54.1 Å². The molecule has 0 bridgehead atoms. The van der Waals surface area contributed by atoms with Gasteiger partial charge in [0.05, 0.1) is 6.42 Å². The first-order valence-electron chi connectivity index (χ1n) is 6.70. The highest BCUT2D eigenvalue weighted by atomic mass is 16.4. The van der Waals surface area contributed by atoms with E-state index in [1.807, 2.05) is 24.3 Å². The fraction of sp³-hybridized carbons (Fsp3) is 0.235. The number of carboxylic acid groups (broad SMARTS) is 1. The Bertz CT molecular complexity index is 576. The van der Waals surface area contributed by atoms with Crippen molar-refractivity contribution in [3.8, 4) is 0 Å². The van der Waals surface area contributed by atoms with Gasteiger partial charge in [0.25, 0.3) is 0 Å². The van der Waals surface area contributed by atoms with Crippen molar-refractivity contribution in [3.05, 3.63) is 70.8 Å². The summed E-state index contributed by atoms with van der Waals surface area (Å²) in [6.45, 7) is 3.53. The predicted molar refractivity (Wildman–Crippen MR) is 79.5 cm³/mol. The second-order valence-corrected chi connectivity index (χ2v) is 4.93. The molecule has 0 aliphatic carbocycles. The zero-order chi connectivity index (χ0) is 14.4. The van der Waals surface area contributed by atoms with Gasteiger partial charge >= 0.3 is 5.97 Å². The van der Waals surface area contributed by atoms with Gasteiger partial charge in [0.15, 0.2) is 0 Å². The Kier molecular flexibility index (Phi) is 4.91. The van der Waals surface area contributed by atoms with Gasteiger partial charge in [-0.3, -0.25) is 4.79 Å². The molecule has 0 unspecified atom stereocenters. The van der Waals surface area contributed by atoms with E-state index in [1.165, 1.54) is 11.1 Å². The summed E-state index contributed by atoms with van der Waals surface area (Å²) in [7, 11) is 0. The highest BCUT2D eigenvalue weighted by Crippen LogP contribution is 2.10. The molecule has 2 aromatic carbocycles. The van der Waals surface area contributed by atoms with Crippen molar-refractivity contribution in [3.63, 3.8) is 0 Å². The van der Waals surface area contributed by atoms with Crippen LogP contribution < -0.4 is 5.32 Å². The van der Waals surface area contributed by atoms with Gasteiger partial charge < -0.3 is 10.4 Å². The van der Waals surface area contributed by atoms with Crippen LogP contribution >= 0.6 is 0 Å². The zero-order valence-electron chi connectivity index (χ0n) is 11.6. The maximum absolute atomic E-state index is 10.8. The van der Waals surface area contributed by atoms with Gasteiger partial charge in [0, 0.05) is 13.1 Å². The second kappa shape index (κ2) is 6.87. The number of aliphatic carboxylic acids is 1. The molecule has 0 fully saturated rings. The van der Waals surface area contributed by atoms with E-state index < -0.39 is 5.97 Å². The third-order valence-corrected chi connectivity index (χ3v) is 3.23. The zero-order valence-corrected chi connectivity index (χ0v) is 11.6. The van der Waals surface area contributed by atoms with Crippen LogP contribution in [0.3, 0.4) is 0 Å². The number of hydrogen-bond donors (Lipinski definition) is 2. The molecule has 0 saturated carbocycles. The molecule has 3 nitrogen and oxygen atoms in total. The van der Waals surface area contributed by atoms with E-state index in [-0.39, 0.29) is 6.42 Å². The average molecular weight is 269 g/mol. The summed E-state index contributed by atoms with van der Waals surface area (Å²) in [4.78, 5) is 10.8. The third kappa shape index (κ3) is 4.21. The van der Waals surface area contributed by atoms with Gasteiger partial charge in [-0.15, -0.1) is 0 Å². The average Bonchev–Trinajstić information content (AvgIpc) is 2.42. The van der Waals surface area contributed by atoms with Crippen LogP contribution in [0.15, 0.2) is 48.5 Å². The summed E-state index contributed by atoms with van der Waals surface area (Å²) in [5, 5.41) is 12.3. The molecule has 0 atom stereocenters. The Hall–Kier alpha value is -2.13. The number of aryl methyl sites for hydroxylation is 1. The minimum Gasteiger partial charge on any atom is -0.481 e. The highest BCUT2D eigenvalue weighted by Gasteiger charge is 2.05. The lowest BCUT2D eigenvalue weighted by atomic mass is 10.0. The molecule has 3 heteroatoms. The molecule has 0 heterocycles. The first-order chi connectivity index (χ1) is 9.65. The lowest BCUT2D eigenvalue weighted by Crippen LogP contribution is -2.15. The molecule has 20 heavy (non-hydrogen) atoms. The van der Waals surface area contributed by atoms with Crippen LogP contribution in [0.25, 0.3) is 0 Å². The molecule has 0 spiro atoms. The minimum absolute atomic E-state index is 0.0718. The van der Waals surface area contributed by atoms with Crippen LogP contribution in [-0.4, -0.2) is 11.1 Å². The lowest BCUT2D eigenvalue weighted by Gasteiger charge is -2.09. The van der Waals surface area contributed by atoms with E-state index >= 15 is 0 Å². The molecule has 0 amide bonds. The second-order valence-electron chi connectivity index (χ2n) is 4.93. The van der Waals surface area contributed by atoms with Gasteiger partial charge in [0.2, 0.25) is 0 Å². The van der Waals surface area contributed by atoms with Crippen molar-refractivity contribution in [2.75, 3.05) is 0 Å². The molecule has 2 rings (SSSR count). The van der Waals surface area contributed by atoms with Gasteiger partial charge in [0.1, 0.15) is 0 Å². The topological polar surface area (TPSA) is 49.3 Å². The van der Waals surface area contributed by atoms with Crippen LogP contribution in [0.5, 0.6) is 0 Å². The van der Waals surface area contributed by atoms with E-state index in [0.29, 0.717) is 6.54 Å². The van der Waals surface area contributed by atoms with Crippen LogP contribution in [0.4, 0.5) is 0 Å². The molecule has 2 N–H and O–H groups in total. The summed E-state index contributed by atoms with van der Waals surface area (Å²) in [5.41, 5.74) is 4.39. The van der Waals surface area contributed by atoms with Crippen molar-refractivity contribution in [2.24, 2.45) is 0 Å². The number of hydrogen-bond acceptors (Lipinski definition) is 2. The Morgan fingerprint density at radius 1 is 1.00 bits per heavy atom. The minimum atomic E-state index is -0.795. The Morgan fingerprint density at radius 3 is 2.30 bits per heavy atom. The lowest BCUT2D eigenvalue weighted by molar-refractivity contribution is -0.136. The van der Waals surface area contributed by atoms with Crippen LogP contribution in [0, 0.1) is 6.92 Å². The fourth-order valence-corrected chi connectivity index (χ4v) is 2.11. The summed E-state index contributed by atoms with van der Waals surface area (Å²) in [6, 6.07) is 16.1. The van der Waals surface area contributed by atoms with Crippen LogP contribution in [-0.2, 0) is 24.3 Å². The monoisotopic (exact) mass is 269 g/mol. The Balaban J connectivity index is 1.93. The van der Waals surface area contributed by atoms with Crippen molar-refractivity contribution in [1.29, 1.82) is 0 Å². The van der Waals surface area contributed by atoms with Crippen LogP contribution in [0.1, 0.15) is 22.3 Å². The maximum Gasteiger partial charge on any atom is 0.307 e. The molecular formula is C17H19NO2. The molecular weight excluding hydrogens is 250 g/mol. The molecule has 0 aliphatic heterocycles.